The number of amides is 1. The largest absolute Gasteiger partial charge is 0.391 e. The lowest BCUT2D eigenvalue weighted by Crippen LogP contribution is -2.46. The van der Waals surface area contributed by atoms with Gasteiger partial charge in [0.05, 0.1) is 12.1 Å². The zero-order chi connectivity index (χ0) is 15.6. The molecule has 1 amide bonds. The second-order valence-corrected chi connectivity index (χ2v) is 5.31. The summed E-state index contributed by atoms with van der Waals surface area (Å²) >= 11 is 0. The number of likely N-dealkylation sites (tertiary alicyclic amines) is 1. The van der Waals surface area contributed by atoms with Crippen LogP contribution in [0.5, 0.6) is 0 Å². The third-order valence-corrected chi connectivity index (χ3v) is 3.86. The Morgan fingerprint density at radius 1 is 1.43 bits per heavy atom. The molecule has 8 heteroatoms. The Balaban J connectivity index is 2.00. The van der Waals surface area contributed by atoms with Crippen molar-refractivity contribution in [1.29, 1.82) is 0 Å². The van der Waals surface area contributed by atoms with Crippen molar-refractivity contribution in [1.82, 2.24) is 20.0 Å². The van der Waals surface area contributed by atoms with E-state index in [-0.39, 0.29) is 31.8 Å². The van der Waals surface area contributed by atoms with Crippen LogP contribution in [0.4, 0.5) is 13.2 Å². The number of halogens is 3. The van der Waals surface area contributed by atoms with E-state index in [1.165, 1.54) is 4.90 Å². The fourth-order valence-electron chi connectivity index (χ4n) is 2.63. The minimum atomic E-state index is -4.17. The van der Waals surface area contributed by atoms with E-state index in [1.54, 1.807) is 31.2 Å². The molecular formula is C13H19F3N4O. The molecule has 1 unspecified atom stereocenters. The highest BCUT2D eigenvalue weighted by Crippen LogP contribution is 2.34. The Labute approximate surface area is 121 Å². The molecule has 1 saturated heterocycles. The van der Waals surface area contributed by atoms with Gasteiger partial charge < -0.3 is 10.2 Å². The van der Waals surface area contributed by atoms with Gasteiger partial charge in [-0.05, 0) is 19.9 Å². The van der Waals surface area contributed by atoms with Crippen LogP contribution < -0.4 is 5.32 Å². The number of nitrogens with zero attached hydrogens (tertiary/aromatic N) is 3. The molecule has 2 heterocycles. The quantitative estimate of drug-likeness (QED) is 0.920. The Hall–Kier alpha value is -1.57. The Morgan fingerprint density at radius 2 is 2.05 bits per heavy atom. The first kappa shape index (κ1) is 15.8. The highest BCUT2D eigenvalue weighted by atomic mass is 19.4. The SMILES string of the molecule is CNC(C(=O)N1CCC(C(F)(F)F)CC1)c1cnn(C)c1. The number of alkyl halides is 3. The summed E-state index contributed by atoms with van der Waals surface area (Å²) in [5.74, 6) is -1.50. The number of aryl methyl sites for hydroxylation is 1. The summed E-state index contributed by atoms with van der Waals surface area (Å²) in [7, 11) is 3.40. The summed E-state index contributed by atoms with van der Waals surface area (Å²) in [5, 5.41) is 6.92. The van der Waals surface area contributed by atoms with E-state index in [1.807, 2.05) is 0 Å². The summed E-state index contributed by atoms with van der Waals surface area (Å²) in [5.41, 5.74) is 0.711. The van der Waals surface area contributed by atoms with E-state index in [0.717, 1.165) is 0 Å². The molecule has 1 aliphatic heterocycles. The van der Waals surface area contributed by atoms with Gasteiger partial charge in [0.2, 0.25) is 5.91 Å². The van der Waals surface area contributed by atoms with Gasteiger partial charge in [0.15, 0.2) is 0 Å². The zero-order valence-corrected chi connectivity index (χ0v) is 12.0. The predicted octanol–water partition coefficient (Wildman–Crippen LogP) is 1.48. The molecule has 0 spiro atoms. The van der Waals surface area contributed by atoms with Gasteiger partial charge in [-0.2, -0.15) is 18.3 Å². The molecule has 118 valence electrons. The molecule has 0 aromatic carbocycles. The van der Waals surface area contributed by atoms with E-state index < -0.39 is 18.1 Å². The third kappa shape index (κ3) is 3.55. The van der Waals surface area contributed by atoms with Crippen LogP contribution in [-0.2, 0) is 11.8 Å². The number of hydrogen-bond donors (Lipinski definition) is 1. The normalized spacial score (nSPS) is 18.8. The van der Waals surface area contributed by atoms with Crippen molar-refractivity contribution >= 4 is 5.91 Å². The van der Waals surface area contributed by atoms with Crippen LogP contribution in [0.15, 0.2) is 12.4 Å². The van der Waals surface area contributed by atoms with Crippen molar-refractivity contribution in [2.75, 3.05) is 20.1 Å². The van der Waals surface area contributed by atoms with Crippen molar-refractivity contribution in [3.05, 3.63) is 18.0 Å². The van der Waals surface area contributed by atoms with Gasteiger partial charge in [0.25, 0.3) is 0 Å². The number of aromatic nitrogens is 2. The molecule has 5 nitrogen and oxygen atoms in total. The minimum absolute atomic E-state index is 0.0291. The fraction of sp³-hybridized carbons (Fsp3) is 0.692. The second-order valence-electron chi connectivity index (χ2n) is 5.31. The maximum Gasteiger partial charge on any atom is 0.391 e. The van der Waals surface area contributed by atoms with E-state index in [9.17, 15) is 18.0 Å². The average Bonchev–Trinajstić information content (AvgIpc) is 2.85. The van der Waals surface area contributed by atoms with E-state index in [0.29, 0.717) is 5.56 Å². The van der Waals surface area contributed by atoms with Crippen molar-refractivity contribution < 1.29 is 18.0 Å². The van der Waals surface area contributed by atoms with Crippen LogP contribution in [0.1, 0.15) is 24.4 Å². The standard InChI is InChI=1S/C13H19F3N4O/c1-17-11(9-7-18-19(2)8-9)12(21)20-5-3-10(4-6-20)13(14,15)16/h7-8,10-11,17H,3-6H2,1-2H3. The Bertz CT molecular complexity index is 492. The van der Waals surface area contributed by atoms with Crippen LogP contribution in [-0.4, -0.2) is 46.9 Å². The molecule has 0 saturated carbocycles. The van der Waals surface area contributed by atoms with Gasteiger partial charge in [-0.15, -0.1) is 0 Å². The minimum Gasteiger partial charge on any atom is -0.341 e. The first-order valence-corrected chi connectivity index (χ1v) is 6.84. The van der Waals surface area contributed by atoms with Gasteiger partial charge in [0.1, 0.15) is 6.04 Å². The van der Waals surface area contributed by atoms with E-state index in [4.69, 9.17) is 0 Å². The summed E-state index contributed by atoms with van der Waals surface area (Å²) in [6.07, 6.45) is -0.915. The molecule has 1 aromatic rings. The van der Waals surface area contributed by atoms with Crippen molar-refractivity contribution in [3.8, 4) is 0 Å². The topological polar surface area (TPSA) is 50.2 Å². The van der Waals surface area contributed by atoms with E-state index in [2.05, 4.69) is 10.4 Å². The number of rotatable bonds is 3. The summed E-state index contributed by atoms with van der Waals surface area (Å²) in [6, 6.07) is -0.568. The summed E-state index contributed by atoms with van der Waals surface area (Å²) < 4.78 is 39.5. The van der Waals surface area contributed by atoms with Crippen LogP contribution in [0.25, 0.3) is 0 Å². The number of likely N-dealkylation sites (N-methyl/N-ethyl adjacent to an activating group) is 1. The first-order chi connectivity index (χ1) is 9.82. The number of hydrogen-bond acceptors (Lipinski definition) is 3. The lowest BCUT2D eigenvalue weighted by atomic mass is 9.95. The molecule has 0 bridgehead atoms. The summed E-state index contributed by atoms with van der Waals surface area (Å²) in [6.45, 7) is 0.281. The van der Waals surface area contributed by atoms with E-state index >= 15 is 0 Å². The molecule has 1 aliphatic rings. The first-order valence-electron chi connectivity index (χ1n) is 6.84. The van der Waals surface area contributed by atoms with Gasteiger partial charge in [-0.3, -0.25) is 9.48 Å². The maximum atomic E-state index is 12.6. The molecule has 21 heavy (non-hydrogen) atoms. The zero-order valence-electron chi connectivity index (χ0n) is 12.0. The van der Waals surface area contributed by atoms with Crippen molar-refractivity contribution in [2.45, 2.75) is 25.1 Å². The third-order valence-electron chi connectivity index (χ3n) is 3.86. The van der Waals surface area contributed by atoms with Gasteiger partial charge >= 0.3 is 6.18 Å². The molecule has 2 rings (SSSR count). The fourth-order valence-corrected chi connectivity index (χ4v) is 2.63. The molecule has 1 aromatic heterocycles. The molecule has 1 N–H and O–H groups in total. The van der Waals surface area contributed by atoms with Gasteiger partial charge in [0, 0.05) is 31.9 Å². The molecule has 0 aliphatic carbocycles. The van der Waals surface area contributed by atoms with Crippen LogP contribution >= 0.6 is 0 Å². The van der Waals surface area contributed by atoms with Gasteiger partial charge in [-0.25, -0.2) is 0 Å². The lowest BCUT2D eigenvalue weighted by Gasteiger charge is -2.34. The van der Waals surface area contributed by atoms with Crippen LogP contribution in [0.3, 0.4) is 0 Å². The number of nitrogens with one attached hydrogen (secondary N) is 1. The molecule has 1 fully saturated rings. The summed E-state index contributed by atoms with van der Waals surface area (Å²) in [4.78, 5) is 13.9. The Morgan fingerprint density at radius 3 is 2.48 bits per heavy atom. The second kappa shape index (κ2) is 6.05. The average molecular weight is 304 g/mol. The highest BCUT2D eigenvalue weighted by Gasteiger charge is 2.42. The van der Waals surface area contributed by atoms with Crippen LogP contribution in [0, 0.1) is 5.92 Å². The highest BCUT2D eigenvalue weighted by molar-refractivity contribution is 5.83. The van der Waals surface area contributed by atoms with Gasteiger partial charge in [-0.1, -0.05) is 0 Å². The Kier molecular flexibility index (Phi) is 4.55. The number of piperidine rings is 1. The molecule has 1 atom stereocenters. The lowest BCUT2D eigenvalue weighted by molar-refractivity contribution is -0.186. The predicted molar refractivity (Wildman–Crippen MR) is 70.4 cm³/mol. The molecule has 0 radical (unpaired) electrons. The van der Waals surface area contributed by atoms with Crippen molar-refractivity contribution in [3.63, 3.8) is 0 Å². The monoisotopic (exact) mass is 304 g/mol. The maximum absolute atomic E-state index is 12.6. The van der Waals surface area contributed by atoms with Crippen LogP contribution in [0.2, 0.25) is 0 Å². The van der Waals surface area contributed by atoms with Crippen molar-refractivity contribution in [2.24, 2.45) is 13.0 Å². The number of carbonyl (C=O) groups excluding carboxylic acids is 1. The number of carbonyl (C=O) groups is 1. The smallest absolute Gasteiger partial charge is 0.341 e. The molecular weight excluding hydrogens is 285 g/mol.